The summed E-state index contributed by atoms with van der Waals surface area (Å²) in [5, 5.41) is 0. The van der Waals surface area contributed by atoms with Crippen LogP contribution in [-0.4, -0.2) is 43.5 Å². The van der Waals surface area contributed by atoms with Crippen LogP contribution in [0.2, 0.25) is 0 Å². The summed E-state index contributed by atoms with van der Waals surface area (Å²) in [6.07, 6.45) is 31.5. The molecule has 3 rings (SSSR count). The zero-order chi connectivity index (χ0) is 31.9. The molecule has 1 saturated heterocycles. The van der Waals surface area contributed by atoms with Gasteiger partial charge in [-0.05, 0) is 57.1 Å². The zero-order valence-electron chi connectivity index (χ0n) is 28.1. The number of unbranched alkanes of at least 4 members (excludes halogenated alkanes) is 14. The van der Waals surface area contributed by atoms with Gasteiger partial charge in [-0.25, -0.2) is 17.6 Å². The van der Waals surface area contributed by atoms with Gasteiger partial charge in [0.1, 0.15) is 22.5 Å². The van der Waals surface area contributed by atoms with Gasteiger partial charge < -0.3 is 14.0 Å². The van der Waals surface area contributed by atoms with Crippen LogP contribution in [0, 0.1) is 12.8 Å². The zero-order valence-corrected chi connectivity index (χ0v) is 28.9. The second-order valence-electron chi connectivity index (χ2n) is 12.8. The number of aryl methyl sites for hydroxylation is 3. The third kappa shape index (κ3) is 18.9. The Bertz CT molecular complexity index is 1070. The van der Waals surface area contributed by atoms with Crippen LogP contribution < -0.4 is 4.57 Å². The number of hydrogen-bond acceptors (Lipinski definition) is 5. The Morgan fingerprint density at radius 1 is 0.886 bits per heavy atom. The van der Waals surface area contributed by atoms with Crippen LogP contribution in [0.15, 0.2) is 47.9 Å². The maximum absolute atomic E-state index is 10.4. The molecular weight excluding hydrogens is 572 g/mol. The van der Waals surface area contributed by atoms with E-state index in [9.17, 15) is 13.0 Å². The first-order valence-electron chi connectivity index (χ1n) is 17.5. The summed E-state index contributed by atoms with van der Waals surface area (Å²) in [7, 11) is -2.20. The maximum atomic E-state index is 10.4. The van der Waals surface area contributed by atoms with Gasteiger partial charge in [0.2, 0.25) is 6.33 Å². The monoisotopic (exact) mass is 634 g/mol. The van der Waals surface area contributed by atoms with Gasteiger partial charge in [0.05, 0.1) is 31.2 Å². The van der Waals surface area contributed by atoms with Gasteiger partial charge in [-0.1, -0.05) is 108 Å². The van der Waals surface area contributed by atoms with E-state index in [2.05, 4.69) is 41.8 Å². The van der Waals surface area contributed by atoms with Crippen molar-refractivity contribution in [3.8, 4) is 0 Å². The third-order valence-corrected chi connectivity index (χ3v) is 9.37. The van der Waals surface area contributed by atoms with Gasteiger partial charge in [0, 0.05) is 13.2 Å². The van der Waals surface area contributed by atoms with Gasteiger partial charge in [0.15, 0.2) is 0 Å². The van der Waals surface area contributed by atoms with E-state index in [1.807, 2.05) is 6.92 Å². The highest BCUT2D eigenvalue weighted by Gasteiger charge is 2.25. The molecule has 1 aromatic heterocycles. The second kappa shape index (κ2) is 23.6. The summed E-state index contributed by atoms with van der Waals surface area (Å²) in [4.78, 5) is -0.178. The molecule has 0 amide bonds. The fraction of sp³-hybridized carbons (Fsp3) is 0.750. The lowest BCUT2D eigenvalue weighted by Crippen LogP contribution is -2.23. The molecule has 1 fully saturated rings. The average Bonchev–Trinajstić information content (AvgIpc) is 3.63. The summed E-state index contributed by atoms with van der Waals surface area (Å²) in [5.74, 6) is 0.775. The molecule has 252 valence electrons. The lowest BCUT2D eigenvalue weighted by atomic mass is 9.97. The molecule has 1 aromatic carbocycles. The van der Waals surface area contributed by atoms with E-state index in [0.717, 1.165) is 37.8 Å². The summed E-state index contributed by atoms with van der Waals surface area (Å²) in [5.41, 5.74) is 0.928. The van der Waals surface area contributed by atoms with Crippen molar-refractivity contribution in [2.24, 2.45) is 13.0 Å². The van der Waals surface area contributed by atoms with Crippen molar-refractivity contribution in [1.82, 2.24) is 4.57 Å². The van der Waals surface area contributed by atoms with Crippen molar-refractivity contribution in [2.45, 2.75) is 147 Å². The molecule has 8 heteroatoms. The Labute approximate surface area is 269 Å². The number of imidazole rings is 1. The second-order valence-corrected chi connectivity index (χ2v) is 14.2. The van der Waals surface area contributed by atoms with Crippen molar-refractivity contribution >= 4 is 10.1 Å². The molecule has 2 heterocycles. The minimum Gasteiger partial charge on any atom is -0.744 e. The minimum absolute atomic E-state index is 0.178. The third-order valence-electron chi connectivity index (χ3n) is 8.52. The molecule has 7 nitrogen and oxygen atoms in total. The maximum Gasteiger partial charge on any atom is 0.243 e. The van der Waals surface area contributed by atoms with Crippen LogP contribution in [0.1, 0.15) is 128 Å². The quantitative estimate of drug-likeness (QED) is 0.0698. The SMILES string of the molecule is CCCCCCCCCCCCCC[C@@H]1CO[C@@H](COCCCCCCn2cc[n+](C)c2)C1.Cc1ccc(S(=O)(=O)[O-])cc1. The number of nitrogens with zero attached hydrogens (tertiary/aromatic N) is 2. The van der Waals surface area contributed by atoms with Crippen LogP contribution in [0.3, 0.4) is 0 Å². The molecule has 0 N–H and O–H groups in total. The molecule has 0 spiro atoms. The van der Waals surface area contributed by atoms with Gasteiger partial charge >= 0.3 is 0 Å². The Morgan fingerprint density at radius 3 is 2.07 bits per heavy atom. The highest BCUT2D eigenvalue weighted by Crippen LogP contribution is 2.25. The smallest absolute Gasteiger partial charge is 0.243 e. The summed E-state index contributed by atoms with van der Waals surface area (Å²) in [6, 6.07) is 5.78. The Hall–Kier alpha value is -1.74. The Morgan fingerprint density at radius 2 is 1.48 bits per heavy atom. The molecule has 0 unspecified atom stereocenters. The van der Waals surface area contributed by atoms with Gasteiger partial charge in [-0.15, -0.1) is 0 Å². The summed E-state index contributed by atoms with van der Waals surface area (Å²) >= 11 is 0. The van der Waals surface area contributed by atoms with E-state index in [1.165, 1.54) is 128 Å². The normalized spacial score (nSPS) is 16.6. The molecule has 44 heavy (non-hydrogen) atoms. The first kappa shape index (κ1) is 38.4. The van der Waals surface area contributed by atoms with Crippen molar-refractivity contribution in [2.75, 3.05) is 19.8 Å². The van der Waals surface area contributed by atoms with Gasteiger partial charge in [-0.2, -0.15) is 0 Å². The van der Waals surface area contributed by atoms with E-state index >= 15 is 0 Å². The molecule has 2 atom stereocenters. The number of hydrogen-bond donors (Lipinski definition) is 0. The van der Waals surface area contributed by atoms with Gasteiger partial charge in [-0.3, -0.25) is 0 Å². The lowest BCUT2D eigenvalue weighted by molar-refractivity contribution is -0.671. The van der Waals surface area contributed by atoms with Crippen molar-refractivity contribution in [3.63, 3.8) is 0 Å². The van der Waals surface area contributed by atoms with E-state index in [-0.39, 0.29) is 4.90 Å². The fourth-order valence-electron chi connectivity index (χ4n) is 5.78. The van der Waals surface area contributed by atoms with Crippen LogP contribution in [0.4, 0.5) is 0 Å². The van der Waals surface area contributed by atoms with Crippen molar-refractivity contribution < 1.29 is 27.0 Å². The van der Waals surface area contributed by atoms with Crippen LogP contribution >= 0.6 is 0 Å². The molecule has 0 bridgehead atoms. The predicted octanol–water partition coefficient (Wildman–Crippen LogP) is 8.29. The van der Waals surface area contributed by atoms with Gasteiger partial charge in [0.25, 0.3) is 0 Å². The molecular formula is C36H62N2O5S. The molecule has 1 aliphatic rings. The number of ether oxygens (including phenoxy) is 2. The fourth-order valence-corrected chi connectivity index (χ4v) is 6.25. The van der Waals surface area contributed by atoms with E-state index in [1.54, 1.807) is 12.1 Å². The summed E-state index contributed by atoms with van der Waals surface area (Å²) in [6.45, 7) is 7.89. The first-order valence-corrected chi connectivity index (χ1v) is 18.9. The Balaban J connectivity index is 0.000000514. The van der Waals surface area contributed by atoms with E-state index in [0.29, 0.717) is 6.10 Å². The number of rotatable bonds is 23. The van der Waals surface area contributed by atoms with Crippen LogP contribution in [0.5, 0.6) is 0 Å². The van der Waals surface area contributed by atoms with Crippen molar-refractivity contribution in [3.05, 3.63) is 48.5 Å². The predicted molar refractivity (Wildman–Crippen MR) is 178 cm³/mol. The van der Waals surface area contributed by atoms with E-state index < -0.39 is 10.1 Å². The summed E-state index contributed by atoms with van der Waals surface area (Å²) < 4.78 is 47.4. The highest BCUT2D eigenvalue weighted by molar-refractivity contribution is 7.85. The van der Waals surface area contributed by atoms with Crippen molar-refractivity contribution in [1.29, 1.82) is 0 Å². The van der Waals surface area contributed by atoms with E-state index in [4.69, 9.17) is 9.47 Å². The number of benzene rings is 1. The molecule has 0 saturated carbocycles. The molecule has 0 radical (unpaired) electrons. The highest BCUT2D eigenvalue weighted by atomic mass is 32.2. The lowest BCUT2D eigenvalue weighted by Gasteiger charge is -2.10. The average molecular weight is 635 g/mol. The standard InChI is InChI=1S/C29H55N2O2.C7H8O3S/c1-3-4-5-6-7-8-9-10-11-12-13-16-19-28-24-29(33-25-28)26-32-23-18-15-14-17-20-31-22-21-30(2)27-31;1-6-2-4-7(5-3-6)11(8,9)10/h21-22,27-29H,3-20,23-26H2,1-2H3;2-5H,1H3,(H,8,9,10)/q+1;/p-1/t28-,29+;/m0./s1. The van der Waals surface area contributed by atoms with Crippen LogP contribution in [-0.2, 0) is 33.2 Å². The molecule has 2 aromatic rings. The largest absolute Gasteiger partial charge is 0.744 e. The van der Waals surface area contributed by atoms with Crippen LogP contribution in [0.25, 0.3) is 0 Å². The molecule has 0 aliphatic carbocycles. The minimum atomic E-state index is -4.27. The number of aromatic nitrogens is 2. The Kier molecular flexibility index (Phi) is 20.6. The topological polar surface area (TPSA) is 84.5 Å². The first-order chi connectivity index (χ1) is 21.3. The molecule has 1 aliphatic heterocycles.